The van der Waals surface area contributed by atoms with Gasteiger partial charge < -0.3 is 17.0 Å². The molecule has 0 saturated heterocycles. The van der Waals surface area contributed by atoms with Gasteiger partial charge in [-0.2, -0.15) is 0 Å². The second kappa shape index (κ2) is 4.97. The van der Waals surface area contributed by atoms with E-state index in [1.54, 1.807) is 12.1 Å². The van der Waals surface area contributed by atoms with E-state index in [1.807, 2.05) is 22.6 Å². The van der Waals surface area contributed by atoms with E-state index in [1.165, 1.54) is 12.4 Å². The van der Waals surface area contributed by atoms with Crippen molar-refractivity contribution in [3.8, 4) is 0 Å². The standard InChI is InChI=1S/C6H5F2IN.BrH/c7-6(8)10-3-1-2-5(9)4-10;/h1-4,6H;1H/q+1;/p-1. The average Bonchev–Trinajstić information content (AvgIpc) is 1.88. The SMILES string of the molecule is FC(F)[n+]1cccc(I)c1.[Br-]. The zero-order chi connectivity index (χ0) is 7.56. The number of pyridine rings is 1. The second-order valence-electron chi connectivity index (χ2n) is 1.75. The summed E-state index contributed by atoms with van der Waals surface area (Å²) in [7, 11) is 0. The van der Waals surface area contributed by atoms with Gasteiger partial charge in [-0.3, -0.25) is 0 Å². The van der Waals surface area contributed by atoms with E-state index in [-0.39, 0.29) is 17.0 Å². The molecule has 0 radical (unpaired) electrons. The summed E-state index contributed by atoms with van der Waals surface area (Å²) in [6, 6.07) is 3.35. The van der Waals surface area contributed by atoms with Crippen LogP contribution in [0.4, 0.5) is 8.78 Å². The fourth-order valence-corrected chi connectivity index (χ4v) is 1.11. The van der Waals surface area contributed by atoms with Crippen molar-refractivity contribution in [2.24, 2.45) is 0 Å². The number of hydrogen-bond donors (Lipinski definition) is 0. The molecule has 0 aliphatic carbocycles. The van der Waals surface area contributed by atoms with Gasteiger partial charge in [0.1, 0.15) is 0 Å². The molecule has 5 heteroatoms. The van der Waals surface area contributed by atoms with Crippen molar-refractivity contribution in [3.05, 3.63) is 28.1 Å². The molecule has 0 aromatic carbocycles. The van der Waals surface area contributed by atoms with Crippen molar-refractivity contribution >= 4 is 22.6 Å². The summed E-state index contributed by atoms with van der Waals surface area (Å²) >= 11 is 1.98. The third-order valence-corrected chi connectivity index (χ3v) is 1.65. The van der Waals surface area contributed by atoms with Crippen LogP contribution in [0, 0.1) is 3.57 Å². The molecule has 0 spiro atoms. The van der Waals surface area contributed by atoms with Crippen LogP contribution in [0.25, 0.3) is 0 Å². The zero-order valence-electron chi connectivity index (χ0n) is 5.35. The van der Waals surface area contributed by atoms with Crippen LogP contribution < -0.4 is 21.5 Å². The van der Waals surface area contributed by atoms with E-state index in [2.05, 4.69) is 0 Å². The number of hydrogen-bond acceptors (Lipinski definition) is 0. The maximum Gasteiger partial charge on any atom is 0.451 e. The van der Waals surface area contributed by atoms with E-state index in [0.29, 0.717) is 0 Å². The lowest BCUT2D eigenvalue weighted by atomic mass is 10.5. The minimum absolute atomic E-state index is 0. The highest BCUT2D eigenvalue weighted by atomic mass is 127. The van der Waals surface area contributed by atoms with Crippen LogP contribution in [0.5, 0.6) is 0 Å². The van der Waals surface area contributed by atoms with Crippen molar-refractivity contribution in [1.82, 2.24) is 0 Å². The summed E-state index contributed by atoms with van der Waals surface area (Å²) in [5.41, 5.74) is 0. The van der Waals surface area contributed by atoms with E-state index in [9.17, 15) is 8.78 Å². The van der Waals surface area contributed by atoms with E-state index in [4.69, 9.17) is 0 Å². The lowest BCUT2D eigenvalue weighted by Crippen LogP contribution is -3.00. The lowest BCUT2D eigenvalue weighted by molar-refractivity contribution is -0.773. The topological polar surface area (TPSA) is 3.88 Å². The molecule has 0 unspecified atom stereocenters. The Hall–Kier alpha value is 0.220. The quantitative estimate of drug-likeness (QED) is 0.457. The summed E-state index contributed by atoms with van der Waals surface area (Å²) in [6.07, 6.45) is 2.73. The number of rotatable bonds is 1. The van der Waals surface area contributed by atoms with E-state index < -0.39 is 6.55 Å². The van der Waals surface area contributed by atoms with Gasteiger partial charge in [0.2, 0.25) is 0 Å². The summed E-state index contributed by atoms with van der Waals surface area (Å²) in [6.45, 7) is -2.44. The molecule has 1 aromatic rings. The largest absolute Gasteiger partial charge is 1.00 e. The Morgan fingerprint density at radius 1 is 1.45 bits per heavy atom. The monoisotopic (exact) mass is 335 g/mol. The lowest BCUT2D eigenvalue weighted by Gasteiger charge is -1.91. The molecule has 0 aliphatic heterocycles. The number of halogens is 4. The Kier molecular flexibility index (Phi) is 5.07. The molecule has 0 N–H and O–H groups in total. The second-order valence-corrected chi connectivity index (χ2v) is 2.99. The molecule has 62 valence electrons. The summed E-state index contributed by atoms with van der Waals surface area (Å²) in [5, 5.41) is 0. The fourth-order valence-electron chi connectivity index (χ4n) is 0.584. The van der Waals surface area contributed by atoms with Crippen molar-refractivity contribution < 1.29 is 30.3 Å². The summed E-state index contributed by atoms with van der Waals surface area (Å²) in [5.74, 6) is 0. The van der Waals surface area contributed by atoms with Crippen molar-refractivity contribution in [2.75, 3.05) is 0 Å². The van der Waals surface area contributed by atoms with Crippen LogP contribution in [0.1, 0.15) is 6.55 Å². The highest BCUT2D eigenvalue weighted by Crippen LogP contribution is 2.02. The van der Waals surface area contributed by atoms with Crippen molar-refractivity contribution in [3.63, 3.8) is 0 Å². The van der Waals surface area contributed by atoms with Crippen molar-refractivity contribution in [1.29, 1.82) is 0 Å². The molecule has 1 rings (SSSR count). The minimum atomic E-state index is -2.44. The third-order valence-electron chi connectivity index (χ3n) is 1.01. The van der Waals surface area contributed by atoms with Crippen LogP contribution >= 0.6 is 22.6 Å². The molecule has 11 heavy (non-hydrogen) atoms. The van der Waals surface area contributed by atoms with Crippen LogP contribution in [0.3, 0.4) is 0 Å². The predicted molar refractivity (Wildman–Crippen MR) is 40.6 cm³/mol. The highest BCUT2D eigenvalue weighted by molar-refractivity contribution is 14.1. The smallest absolute Gasteiger partial charge is 0.451 e. The maximum atomic E-state index is 11.9. The molecule has 1 nitrogen and oxygen atoms in total. The van der Waals surface area contributed by atoms with Crippen LogP contribution in [0.15, 0.2) is 24.5 Å². The molecule has 1 aromatic heterocycles. The Morgan fingerprint density at radius 2 is 2.09 bits per heavy atom. The minimum Gasteiger partial charge on any atom is -1.00 e. The molecule has 0 fully saturated rings. The van der Waals surface area contributed by atoms with Crippen LogP contribution in [-0.4, -0.2) is 0 Å². The Balaban J connectivity index is 0.000001000. The van der Waals surface area contributed by atoms with Gasteiger partial charge in [-0.05, 0) is 28.7 Å². The zero-order valence-corrected chi connectivity index (χ0v) is 9.09. The van der Waals surface area contributed by atoms with Gasteiger partial charge in [-0.15, -0.1) is 13.3 Å². The maximum absolute atomic E-state index is 11.9. The van der Waals surface area contributed by atoms with Gasteiger partial charge >= 0.3 is 6.55 Å². The number of aromatic nitrogens is 1. The molecule has 0 bridgehead atoms. The molecule has 0 aliphatic rings. The Morgan fingerprint density at radius 3 is 2.45 bits per heavy atom. The number of alkyl halides is 2. The molecule has 0 saturated carbocycles. The van der Waals surface area contributed by atoms with Gasteiger partial charge in [0.15, 0.2) is 12.4 Å². The molecular formula is C6H5BrF2IN. The first-order valence-corrected chi connectivity index (χ1v) is 3.72. The summed E-state index contributed by atoms with van der Waals surface area (Å²) in [4.78, 5) is 0. The highest BCUT2D eigenvalue weighted by Gasteiger charge is 2.12. The summed E-state index contributed by atoms with van der Waals surface area (Å²) < 4.78 is 25.5. The molecule has 0 amide bonds. The fraction of sp³-hybridized carbons (Fsp3) is 0.167. The Labute approximate surface area is 87.3 Å². The van der Waals surface area contributed by atoms with Gasteiger partial charge in [-0.1, -0.05) is 0 Å². The molecule has 0 atom stereocenters. The first-order chi connectivity index (χ1) is 4.70. The Bertz CT molecular complexity index is 232. The van der Waals surface area contributed by atoms with Crippen LogP contribution in [-0.2, 0) is 0 Å². The first kappa shape index (κ1) is 11.2. The van der Waals surface area contributed by atoms with Gasteiger partial charge in [-0.25, -0.2) is 0 Å². The molecule has 1 heterocycles. The first-order valence-electron chi connectivity index (χ1n) is 2.64. The third kappa shape index (κ3) is 3.42. The van der Waals surface area contributed by atoms with Crippen LogP contribution in [0.2, 0.25) is 0 Å². The predicted octanol–water partition coefficient (Wildman–Crippen LogP) is -1.02. The van der Waals surface area contributed by atoms with E-state index in [0.717, 1.165) is 8.14 Å². The van der Waals surface area contributed by atoms with E-state index >= 15 is 0 Å². The average molecular weight is 336 g/mol. The normalized spacial score (nSPS) is 9.45. The van der Waals surface area contributed by atoms with Crippen molar-refractivity contribution in [2.45, 2.75) is 6.55 Å². The molecular weight excluding hydrogens is 331 g/mol. The van der Waals surface area contributed by atoms with Gasteiger partial charge in [0, 0.05) is 6.07 Å². The van der Waals surface area contributed by atoms with Gasteiger partial charge in [0.25, 0.3) is 0 Å². The van der Waals surface area contributed by atoms with Gasteiger partial charge in [0.05, 0.1) is 3.57 Å². The number of nitrogens with zero attached hydrogens (tertiary/aromatic N) is 1.